The molecule has 4 N–H and O–H groups in total. The van der Waals surface area contributed by atoms with Crippen molar-refractivity contribution in [2.24, 2.45) is 5.92 Å². The van der Waals surface area contributed by atoms with Crippen molar-refractivity contribution in [2.45, 2.75) is 24.0 Å². The molecule has 1 atom stereocenters. The fourth-order valence-corrected chi connectivity index (χ4v) is 2.78. The van der Waals surface area contributed by atoms with Gasteiger partial charge in [0.2, 0.25) is 0 Å². The van der Waals surface area contributed by atoms with Gasteiger partial charge < -0.3 is 15.5 Å². The van der Waals surface area contributed by atoms with E-state index in [4.69, 9.17) is 5.11 Å². The standard InChI is InChI=1S/C12H19N3O4S/c16-7-6-13-11-2-1-3-12(15-11)20(18,19)14-8-10(17)9-4-5-9/h1-3,9-10,14,16-17H,4-8H2,(H,13,15). The zero-order valence-electron chi connectivity index (χ0n) is 11.0. The Morgan fingerprint density at radius 3 is 2.80 bits per heavy atom. The van der Waals surface area contributed by atoms with Crippen molar-refractivity contribution < 1.29 is 18.6 Å². The normalized spacial score (nSPS) is 16.9. The van der Waals surface area contributed by atoms with Crippen LogP contribution >= 0.6 is 0 Å². The molecule has 1 aromatic rings. The molecule has 0 aliphatic heterocycles. The zero-order chi connectivity index (χ0) is 14.6. The Bertz CT molecular complexity index is 545. The Morgan fingerprint density at radius 2 is 2.15 bits per heavy atom. The second kappa shape index (κ2) is 6.49. The highest BCUT2D eigenvalue weighted by molar-refractivity contribution is 7.89. The lowest BCUT2D eigenvalue weighted by Crippen LogP contribution is -2.33. The number of anilines is 1. The highest BCUT2D eigenvalue weighted by Gasteiger charge is 2.30. The molecule has 2 rings (SSSR count). The molecule has 1 heterocycles. The average molecular weight is 301 g/mol. The van der Waals surface area contributed by atoms with Gasteiger partial charge in [0.1, 0.15) is 5.82 Å². The minimum Gasteiger partial charge on any atom is -0.395 e. The van der Waals surface area contributed by atoms with Crippen molar-refractivity contribution >= 4 is 15.8 Å². The Balaban J connectivity index is 2.00. The maximum atomic E-state index is 12.0. The third kappa shape index (κ3) is 4.14. The summed E-state index contributed by atoms with van der Waals surface area (Å²) in [5.74, 6) is 0.591. The fourth-order valence-electron chi connectivity index (χ4n) is 1.76. The van der Waals surface area contributed by atoms with Crippen molar-refractivity contribution in [1.82, 2.24) is 9.71 Å². The first-order valence-corrected chi connectivity index (χ1v) is 8.01. The van der Waals surface area contributed by atoms with Crippen LogP contribution in [0.1, 0.15) is 12.8 Å². The Hall–Kier alpha value is -1.22. The van der Waals surface area contributed by atoms with Gasteiger partial charge in [-0.1, -0.05) is 6.07 Å². The van der Waals surface area contributed by atoms with Gasteiger partial charge >= 0.3 is 0 Å². The summed E-state index contributed by atoms with van der Waals surface area (Å²) >= 11 is 0. The summed E-state index contributed by atoms with van der Waals surface area (Å²) in [6.07, 6.45) is 1.25. The van der Waals surface area contributed by atoms with E-state index >= 15 is 0 Å². The molecule has 0 saturated heterocycles. The number of sulfonamides is 1. The average Bonchev–Trinajstić information content (AvgIpc) is 3.27. The first kappa shape index (κ1) is 15.2. The van der Waals surface area contributed by atoms with E-state index in [2.05, 4.69) is 15.0 Å². The number of aromatic nitrogens is 1. The van der Waals surface area contributed by atoms with Crippen LogP contribution in [0, 0.1) is 5.92 Å². The lowest BCUT2D eigenvalue weighted by atomic mass is 10.2. The molecule has 0 bridgehead atoms. The molecule has 1 aliphatic rings. The fraction of sp³-hybridized carbons (Fsp3) is 0.583. The number of hydrogen-bond acceptors (Lipinski definition) is 6. The highest BCUT2D eigenvalue weighted by Crippen LogP contribution is 2.32. The Morgan fingerprint density at radius 1 is 1.40 bits per heavy atom. The van der Waals surface area contributed by atoms with E-state index in [9.17, 15) is 13.5 Å². The molecule has 112 valence electrons. The van der Waals surface area contributed by atoms with Crippen LogP contribution in [0.15, 0.2) is 23.2 Å². The van der Waals surface area contributed by atoms with Crippen LogP contribution in [0.4, 0.5) is 5.82 Å². The van der Waals surface area contributed by atoms with Gasteiger partial charge in [0, 0.05) is 13.1 Å². The van der Waals surface area contributed by atoms with E-state index < -0.39 is 16.1 Å². The molecule has 1 fully saturated rings. The number of hydrogen-bond donors (Lipinski definition) is 4. The summed E-state index contributed by atoms with van der Waals surface area (Å²) in [6, 6.07) is 4.57. The van der Waals surface area contributed by atoms with Gasteiger partial charge in [-0.25, -0.2) is 18.1 Å². The summed E-state index contributed by atoms with van der Waals surface area (Å²) in [5, 5.41) is 21.1. The lowest BCUT2D eigenvalue weighted by Gasteiger charge is -2.11. The van der Waals surface area contributed by atoms with Crippen LogP contribution in [-0.4, -0.2) is 49.4 Å². The van der Waals surface area contributed by atoms with E-state index in [0.29, 0.717) is 12.4 Å². The third-order valence-electron chi connectivity index (χ3n) is 3.07. The summed E-state index contributed by atoms with van der Waals surface area (Å²) in [4.78, 5) is 3.97. The second-order valence-electron chi connectivity index (χ2n) is 4.77. The predicted molar refractivity (Wildman–Crippen MR) is 73.7 cm³/mol. The largest absolute Gasteiger partial charge is 0.395 e. The number of aliphatic hydroxyl groups is 2. The van der Waals surface area contributed by atoms with E-state index in [1.54, 1.807) is 12.1 Å². The number of rotatable bonds is 8. The van der Waals surface area contributed by atoms with Crippen molar-refractivity contribution in [3.8, 4) is 0 Å². The number of nitrogens with zero attached hydrogens (tertiary/aromatic N) is 1. The number of nitrogens with one attached hydrogen (secondary N) is 2. The zero-order valence-corrected chi connectivity index (χ0v) is 11.8. The maximum absolute atomic E-state index is 12.0. The van der Waals surface area contributed by atoms with Gasteiger partial charge in [0.05, 0.1) is 12.7 Å². The quantitative estimate of drug-likeness (QED) is 0.517. The van der Waals surface area contributed by atoms with Crippen LogP contribution in [0.5, 0.6) is 0 Å². The molecule has 0 aromatic carbocycles. The number of aliphatic hydroxyl groups excluding tert-OH is 2. The first-order chi connectivity index (χ1) is 9.53. The monoisotopic (exact) mass is 301 g/mol. The molecule has 8 heteroatoms. The van der Waals surface area contributed by atoms with E-state index in [1.807, 2.05) is 0 Å². The number of pyridine rings is 1. The Kier molecular flexibility index (Phi) is 4.92. The van der Waals surface area contributed by atoms with Gasteiger partial charge in [0.15, 0.2) is 5.03 Å². The van der Waals surface area contributed by atoms with Gasteiger partial charge in [0.25, 0.3) is 10.0 Å². The molecule has 1 saturated carbocycles. The first-order valence-electron chi connectivity index (χ1n) is 6.52. The molecule has 0 radical (unpaired) electrons. The molecule has 7 nitrogen and oxygen atoms in total. The molecule has 0 amide bonds. The lowest BCUT2D eigenvalue weighted by molar-refractivity contribution is 0.155. The van der Waals surface area contributed by atoms with Crippen molar-refractivity contribution in [3.05, 3.63) is 18.2 Å². The van der Waals surface area contributed by atoms with Gasteiger partial charge in [-0.3, -0.25) is 0 Å². The minimum absolute atomic E-state index is 0.00295. The van der Waals surface area contributed by atoms with Gasteiger partial charge in [-0.15, -0.1) is 0 Å². The topological polar surface area (TPSA) is 112 Å². The summed E-state index contributed by atoms with van der Waals surface area (Å²) in [5.41, 5.74) is 0. The van der Waals surface area contributed by atoms with Gasteiger partial charge in [-0.05, 0) is 30.9 Å². The van der Waals surface area contributed by atoms with Crippen molar-refractivity contribution in [1.29, 1.82) is 0 Å². The van der Waals surface area contributed by atoms with E-state index in [1.165, 1.54) is 6.07 Å². The molecular weight excluding hydrogens is 282 g/mol. The molecule has 0 spiro atoms. The smallest absolute Gasteiger partial charge is 0.258 e. The van der Waals surface area contributed by atoms with Gasteiger partial charge in [-0.2, -0.15) is 0 Å². The summed E-state index contributed by atoms with van der Waals surface area (Å²) in [6.45, 7) is 0.234. The molecular formula is C12H19N3O4S. The highest BCUT2D eigenvalue weighted by atomic mass is 32.2. The molecule has 1 aliphatic carbocycles. The van der Waals surface area contributed by atoms with Crippen molar-refractivity contribution in [3.63, 3.8) is 0 Å². The van der Waals surface area contributed by atoms with Crippen LogP contribution < -0.4 is 10.0 Å². The maximum Gasteiger partial charge on any atom is 0.258 e. The SMILES string of the molecule is O=S(=O)(NCC(O)C1CC1)c1cccc(NCCO)n1. The molecule has 1 unspecified atom stereocenters. The third-order valence-corrected chi connectivity index (χ3v) is 4.39. The van der Waals surface area contributed by atoms with E-state index in [0.717, 1.165) is 12.8 Å². The van der Waals surface area contributed by atoms with Crippen LogP contribution in [0.25, 0.3) is 0 Å². The van der Waals surface area contributed by atoms with Crippen LogP contribution in [0.3, 0.4) is 0 Å². The van der Waals surface area contributed by atoms with Crippen molar-refractivity contribution in [2.75, 3.05) is 25.0 Å². The second-order valence-corrected chi connectivity index (χ2v) is 6.48. The summed E-state index contributed by atoms with van der Waals surface area (Å²) < 4.78 is 26.4. The van der Waals surface area contributed by atoms with E-state index in [-0.39, 0.29) is 24.1 Å². The van der Waals surface area contributed by atoms with Crippen LogP contribution in [0.2, 0.25) is 0 Å². The predicted octanol–water partition coefficient (Wildman–Crippen LogP) is -0.465. The minimum atomic E-state index is -3.73. The molecule has 1 aromatic heterocycles. The Labute approximate surface area is 118 Å². The summed E-state index contributed by atoms with van der Waals surface area (Å²) in [7, 11) is -3.73. The van der Waals surface area contributed by atoms with Crippen LogP contribution in [-0.2, 0) is 10.0 Å². The molecule has 20 heavy (non-hydrogen) atoms.